The summed E-state index contributed by atoms with van der Waals surface area (Å²) in [5.74, 6) is 0.304. The van der Waals surface area contributed by atoms with Crippen molar-refractivity contribution in [1.29, 1.82) is 0 Å². The molecule has 0 aliphatic carbocycles. The molecule has 0 aliphatic rings. The van der Waals surface area contributed by atoms with E-state index in [-0.39, 0.29) is 11.8 Å². The second-order valence-electron chi connectivity index (χ2n) is 7.58. The molecule has 0 aliphatic heterocycles. The summed E-state index contributed by atoms with van der Waals surface area (Å²) in [6.45, 7) is 8.50. The Morgan fingerprint density at radius 2 is 1.38 bits per heavy atom. The largest absolute Gasteiger partial charge is 0.321 e. The SMILES string of the molecule is CC(C)c1cccc(C(C)C)c1NC(=O)c1ccc(NC(=O)c2cccs2)cc1. The van der Waals surface area contributed by atoms with E-state index in [0.717, 1.165) is 16.8 Å². The maximum absolute atomic E-state index is 12.9. The zero-order valence-electron chi connectivity index (χ0n) is 17.2. The molecule has 0 atom stereocenters. The number of benzene rings is 2. The van der Waals surface area contributed by atoms with Crippen molar-refractivity contribution in [3.05, 3.63) is 81.5 Å². The third-order valence-corrected chi connectivity index (χ3v) is 5.63. The van der Waals surface area contributed by atoms with E-state index in [1.165, 1.54) is 11.3 Å². The fourth-order valence-corrected chi connectivity index (χ4v) is 3.81. The first-order valence-electron chi connectivity index (χ1n) is 9.76. The van der Waals surface area contributed by atoms with Crippen LogP contribution in [0.3, 0.4) is 0 Å². The lowest BCUT2D eigenvalue weighted by Crippen LogP contribution is -2.16. The van der Waals surface area contributed by atoms with Gasteiger partial charge in [0.05, 0.1) is 4.88 Å². The molecule has 0 saturated carbocycles. The Bertz CT molecular complexity index is 964. The average Bonchev–Trinajstić information content (AvgIpc) is 3.23. The van der Waals surface area contributed by atoms with Crippen molar-refractivity contribution < 1.29 is 9.59 Å². The Kier molecular flexibility index (Phi) is 6.49. The van der Waals surface area contributed by atoms with E-state index in [0.29, 0.717) is 28.0 Å². The van der Waals surface area contributed by atoms with Crippen LogP contribution in [0.2, 0.25) is 0 Å². The Morgan fingerprint density at radius 1 is 0.759 bits per heavy atom. The number of hydrogen-bond donors (Lipinski definition) is 2. The van der Waals surface area contributed by atoms with Crippen LogP contribution in [-0.2, 0) is 0 Å². The van der Waals surface area contributed by atoms with Gasteiger partial charge >= 0.3 is 0 Å². The van der Waals surface area contributed by atoms with Gasteiger partial charge in [0.25, 0.3) is 11.8 Å². The molecular weight excluding hydrogens is 380 g/mol. The van der Waals surface area contributed by atoms with Crippen molar-refractivity contribution in [1.82, 2.24) is 0 Å². The molecule has 3 aromatic rings. The molecule has 1 heterocycles. The normalized spacial score (nSPS) is 11.0. The third kappa shape index (κ3) is 4.93. The first-order chi connectivity index (χ1) is 13.9. The van der Waals surface area contributed by atoms with Gasteiger partial charge in [0.15, 0.2) is 0 Å². The van der Waals surface area contributed by atoms with Crippen LogP contribution in [0, 0.1) is 0 Å². The van der Waals surface area contributed by atoms with Gasteiger partial charge in [-0.05, 0) is 58.7 Å². The lowest BCUT2D eigenvalue weighted by molar-refractivity contribution is 0.102. The Morgan fingerprint density at radius 3 is 1.90 bits per heavy atom. The van der Waals surface area contributed by atoms with Gasteiger partial charge in [-0.25, -0.2) is 0 Å². The van der Waals surface area contributed by atoms with E-state index in [2.05, 4.69) is 50.5 Å². The number of amides is 2. The van der Waals surface area contributed by atoms with Crippen LogP contribution in [0.5, 0.6) is 0 Å². The second-order valence-corrected chi connectivity index (χ2v) is 8.53. The van der Waals surface area contributed by atoms with Gasteiger partial charge in [-0.3, -0.25) is 9.59 Å². The van der Waals surface area contributed by atoms with Crippen LogP contribution in [-0.4, -0.2) is 11.8 Å². The minimum atomic E-state index is -0.156. The summed E-state index contributed by atoms with van der Waals surface area (Å²) in [4.78, 5) is 25.7. The van der Waals surface area contributed by atoms with Crippen molar-refractivity contribution >= 4 is 34.5 Å². The summed E-state index contributed by atoms with van der Waals surface area (Å²) in [6.07, 6.45) is 0. The van der Waals surface area contributed by atoms with Crippen molar-refractivity contribution in [2.75, 3.05) is 10.6 Å². The van der Waals surface area contributed by atoms with Crippen LogP contribution in [0.4, 0.5) is 11.4 Å². The molecule has 0 saturated heterocycles. The van der Waals surface area contributed by atoms with Gasteiger partial charge in [-0.1, -0.05) is 52.0 Å². The number of para-hydroxylation sites is 1. The van der Waals surface area contributed by atoms with E-state index in [4.69, 9.17) is 0 Å². The van der Waals surface area contributed by atoms with Crippen LogP contribution in [0.1, 0.15) is 70.7 Å². The number of carbonyl (C=O) groups is 2. The number of carbonyl (C=O) groups excluding carboxylic acids is 2. The molecule has 29 heavy (non-hydrogen) atoms. The summed E-state index contributed by atoms with van der Waals surface area (Å²) in [5, 5.41) is 7.83. The van der Waals surface area contributed by atoms with Gasteiger partial charge < -0.3 is 10.6 Å². The summed E-state index contributed by atoms with van der Waals surface area (Å²) in [5.41, 5.74) is 4.36. The maximum Gasteiger partial charge on any atom is 0.265 e. The Hall–Kier alpha value is -2.92. The van der Waals surface area contributed by atoms with Gasteiger partial charge in [0.1, 0.15) is 0 Å². The second kappa shape index (κ2) is 9.05. The van der Waals surface area contributed by atoms with E-state index in [1.807, 2.05) is 17.5 Å². The van der Waals surface area contributed by atoms with Crippen molar-refractivity contribution in [3.8, 4) is 0 Å². The van der Waals surface area contributed by atoms with Crippen LogP contribution >= 0.6 is 11.3 Å². The monoisotopic (exact) mass is 406 g/mol. The molecule has 0 bridgehead atoms. The highest BCUT2D eigenvalue weighted by Crippen LogP contribution is 2.32. The molecule has 0 spiro atoms. The number of rotatable bonds is 6. The number of anilines is 2. The first kappa shape index (κ1) is 20.8. The van der Waals surface area contributed by atoms with E-state index in [1.54, 1.807) is 30.3 Å². The highest BCUT2D eigenvalue weighted by atomic mass is 32.1. The van der Waals surface area contributed by atoms with Gasteiger partial charge in [0.2, 0.25) is 0 Å². The topological polar surface area (TPSA) is 58.2 Å². The molecule has 2 N–H and O–H groups in total. The minimum absolute atomic E-state index is 0.148. The van der Waals surface area contributed by atoms with Crippen molar-refractivity contribution in [2.24, 2.45) is 0 Å². The lowest BCUT2D eigenvalue weighted by Gasteiger charge is -2.20. The molecule has 2 aromatic carbocycles. The van der Waals surface area contributed by atoms with Crippen LogP contribution in [0.25, 0.3) is 0 Å². The molecule has 2 amide bonds. The molecule has 0 radical (unpaired) electrons. The average molecular weight is 407 g/mol. The maximum atomic E-state index is 12.9. The van der Waals surface area contributed by atoms with Crippen LogP contribution in [0.15, 0.2) is 60.0 Å². The molecule has 0 fully saturated rings. The molecular formula is C24H26N2O2S. The number of nitrogens with one attached hydrogen (secondary N) is 2. The molecule has 1 aromatic heterocycles. The highest BCUT2D eigenvalue weighted by molar-refractivity contribution is 7.12. The summed E-state index contributed by atoms with van der Waals surface area (Å²) in [7, 11) is 0. The Labute approximate surface area is 176 Å². The van der Waals surface area contributed by atoms with Gasteiger partial charge in [-0.15, -0.1) is 11.3 Å². The molecule has 4 nitrogen and oxygen atoms in total. The minimum Gasteiger partial charge on any atom is -0.321 e. The molecule has 150 valence electrons. The van der Waals surface area contributed by atoms with E-state index in [9.17, 15) is 9.59 Å². The molecule has 5 heteroatoms. The summed E-state index contributed by atoms with van der Waals surface area (Å²) in [6, 6.07) is 16.7. The zero-order chi connectivity index (χ0) is 21.0. The number of hydrogen-bond acceptors (Lipinski definition) is 3. The molecule has 0 unspecified atom stereocenters. The third-order valence-electron chi connectivity index (χ3n) is 4.76. The zero-order valence-corrected chi connectivity index (χ0v) is 18.0. The summed E-state index contributed by atoms with van der Waals surface area (Å²) < 4.78 is 0. The van der Waals surface area contributed by atoms with E-state index >= 15 is 0 Å². The smallest absolute Gasteiger partial charge is 0.265 e. The fourth-order valence-electron chi connectivity index (χ4n) is 3.19. The predicted molar refractivity (Wildman–Crippen MR) is 121 cm³/mol. The standard InChI is InChI=1S/C24H26N2O2S/c1-15(2)19-7-5-8-20(16(3)4)22(19)26-23(27)17-10-12-18(13-11-17)25-24(28)21-9-6-14-29-21/h5-16H,1-4H3,(H,25,28)(H,26,27). The summed E-state index contributed by atoms with van der Waals surface area (Å²) >= 11 is 1.39. The van der Waals surface area contributed by atoms with Crippen molar-refractivity contribution in [3.63, 3.8) is 0 Å². The van der Waals surface area contributed by atoms with E-state index < -0.39 is 0 Å². The van der Waals surface area contributed by atoms with Crippen molar-refractivity contribution in [2.45, 2.75) is 39.5 Å². The van der Waals surface area contributed by atoms with Gasteiger partial charge in [0, 0.05) is 16.9 Å². The van der Waals surface area contributed by atoms with Crippen LogP contribution < -0.4 is 10.6 Å². The fraction of sp³-hybridized carbons (Fsp3) is 0.250. The first-order valence-corrected chi connectivity index (χ1v) is 10.6. The number of thiophene rings is 1. The predicted octanol–water partition coefficient (Wildman–Crippen LogP) is 6.50. The highest BCUT2D eigenvalue weighted by Gasteiger charge is 2.17. The quantitative estimate of drug-likeness (QED) is 0.491. The molecule has 3 rings (SSSR count). The lowest BCUT2D eigenvalue weighted by atomic mass is 9.92. The van der Waals surface area contributed by atoms with Gasteiger partial charge in [-0.2, -0.15) is 0 Å². The Balaban J connectivity index is 1.77.